The average Bonchev–Trinajstić information content (AvgIpc) is 3.47. The average molecular weight is 553 g/mol. The van der Waals surface area contributed by atoms with Crippen molar-refractivity contribution in [3.8, 4) is 12.4 Å². The van der Waals surface area contributed by atoms with Crippen LogP contribution in [0.3, 0.4) is 0 Å². The van der Waals surface area contributed by atoms with E-state index in [9.17, 15) is 23.7 Å². The Morgan fingerprint density at radius 1 is 0.667 bits per heavy atom. The van der Waals surface area contributed by atoms with E-state index in [1.54, 1.807) is 6.19 Å². The summed E-state index contributed by atoms with van der Waals surface area (Å²) in [6, 6.07) is 18.1. The van der Waals surface area contributed by atoms with E-state index in [0.717, 1.165) is 55.8 Å². The number of benzene rings is 3. The number of nitriles is 2. The molecule has 0 saturated heterocycles. The van der Waals surface area contributed by atoms with Gasteiger partial charge in [0.2, 0.25) is 12.4 Å². The Kier molecular flexibility index (Phi) is 5.78. The minimum atomic E-state index is -4.50. The highest BCUT2D eigenvalue weighted by atomic mass is 19.4. The minimum absolute atomic E-state index is 0.0555. The lowest BCUT2D eigenvalue weighted by atomic mass is 10.00. The van der Waals surface area contributed by atoms with Gasteiger partial charge in [-0.15, -0.1) is 0 Å². The molecular weight excluding hydrogens is 533 g/mol. The number of halogens is 3. The number of hydrogen-bond acceptors (Lipinski definition) is 4. The molecule has 0 fully saturated rings. The second-order valence-corrected chi connectivity index (χ2v) is 10.3. The molecule has 5 aromatic rings. The Bertz CT molecular complexity index is 2500. The van der Waals surface area contributed by atoms with Gasteiger partial charge in [-0.25, -0.2) is 0 Å². The maximum absolute atomic E-state index is 13.5. The summed E-state index contributed by atoms with van der Waals surface area (Å²) in [4.78, 5) is 8.13. The molecular formula is C35H19F3N4. The molecule has 0 saturated carbocycles. The van der Waals surface area contributed by atoms with Crippen molar-refractivity contribution in [1.29, 1.82) is 10.5 Å². The fourth-order valence-corrected chi connectivity index (χ4v) is 6.14. The molecule has 0 heterocycles. The van der Waals surface area contributed by atoms with Gasteiger partial charge in [-0.1, -0.05) is 66.8 Å². The van der Waals surface area contributed by atoms with Crippen LogP contribution < -0.4 is 21.2 Å². The van der Waals surface area contributed by atoms with E-state index in [2.05, 4.69) is 46.4 Å². The zero-order valence-electron chi connectivity index (χ0n) is 22.0. The van der Waals surface area contributed by atoms with Crippen LogP contribution in [0.25, 0.3) is 44.0 Å². The van der Waals surface area contributed by atoms with Gasteiger partial charge in [-0.2, -0.15) is 33.7 Å². The molecule has 5 aromatic carbocycles. The number of alkyl halides is 3. The van der Waals surface area contributed by atoms with Gasteiger partial charge in [0.05, 0.1) is 16.3 Å². The second kappa shape index (κ2) is 9.54. The molecule has 0 spiro atoms. The summed E-state index contributed by atoms with van der Waals surface area (Å²) in [5.74, 6) is 0. The number of allylic oxidation sites excluding steroid dienone is 6. The zero-order chi connectivity index (χ0) is 29.0. The van der Waals surface area contributed by atoms with Gasteiger partial charge in [0.25, 0.3) is 0 Å². The lowest BCUT2D eigenvalue weighted by Gasteiger charge is -2.11. The normalized spacial score (nSPS) is 15.6. The molecule has 0 atom stereocenters. The molecule has 7 rings (SSSR count). The topological polar surface area (TPSA) is 72.3 Å². The SMILES string of the molecule is N#CN=c1c2c(c3cc4c(=NC#N)c5cc(=c6ccc(=C7C=CC=CC7)cc6)ccc5c4cc13)CC=C(C(F)(F)F)C=2. The monoisotopic (exact) mass is 552 g/mol. The van der Waals surface area contributed by atoms with Gasteiger partial charge >= 0.3 is 6.18 Å². The van der Waals surface area contributed by atoms with Gasteiger partial charge in [-0.3, -0.25) is 0 Å². The smallest absolute Gasteiger partial charge is 0.172 e. The lowest BCUT2D eigenvalue weighted by Crippen LogP contribution is -2.28. The van der Waals surface area contributed by atoms with Crippen molar-refractivity contribution in [2.75, 3.05) is 0 Å². The van der Waals surface area contributed by atoms with Crippen molar-refractivity contribution < 1.29 is 13.2 Å². The molecule has 0 radical (unpaired) electrons. The van der Waals surface area contributed by atoms with E-state index in [-0.39, 0.29) is 11.8 Å². The molecule has 7 heteroatoms. The number of rotatable bonds is 0. The summed E-state index contributed by atoms with van der Waals surface area (Å²) in [5.41, 5.74) is 1.17. The molecule has 0 aliphatic heterocycles. The third-order valence-electron chi connectivity index (χ3n) is 8.09. The fraction of sp³-hybridized carbons (Fsp3) is 0.0857. The minimum Gasteiger partial charge on any atom is -0.172 e. The molecule has 0 N–H and O–H groups in total. The van der Waals surface area contributed by atoms with Crippen molar-refractivity contribution in [2.24, 2.45) is 9.98 Å². The van der Waals surface area contributed by atoms with Crippen LogP contribution in [0.2, 0.25) is 0 Å². The van der Waals surface area contributed by atoms with Gasteiger partial charge in [0, 0.05) is 21.4 Å². The zero-order valence-corrected chi connectivity index (χ0v) is 22.0. The van der Waals surface area contributed by atoms with Crippen molar-refractivity contribution in [3.05, 3.63) is 128 Å². The van der Waals surface area contributed by atoms with Crippen LogP contribution in [0, 0.1) is 33.3 Å². The Labute approximate surface area is 236 Å². The molecule has 2 aliphatic rings. The van der Waals surface area contributed by atoms with Crippen molar-refractivity contribution >= 4 is 44.0 Å². The van der Waals surface area contributed by atoms with E-state index in [1.807, 2.05) is 48.7 Å². The highest BCUT2D eigenvalue weighted by Crippen LogP contribution is 2.32. The molecule has 200 valence electrons. The maximum atomic E-state index is 13.5. The van der Waals surface area contributed by atoms with Crippen LogP contribution in [0.1, 0.15) is 12.0 Å². The standard InChI is InChI=1S/C35H19F3N4/c36-35(37,38)24-11-13-26-28-17-31-27(16-32(28)34(42-19-40)30(26)15-24)25-12-10-23(14-29(25)33(31)41-18-39)22-8-6-21(7-9-22)20-4-2-1-3-5-20/h1-4,6-12,14-17H,5,13H2. The first-order valence-electron chi connectivity index (χ1n) is 13.3. The molecule has 0 bridgehead atoms. The molecule has 0 amide bonds. The van der Waals surface area contributed by atoms with E-state index in [4.69, 9.17) is 0 Å². The highest BCUT2D eigenvalue weighted by molar-refractivity contribution is 6.16. The quantitative estimate of drug-likeness (QED) is 0.236. The first-order chi connectivity index (χ1) is 20.4. The molecule has 42 heavy (non-hydrogen) atoms. The largest absolute Gasteiger partial charge is 0.416 e. The maximum Gasteiger partial charge on any atom is 0.416 e. The number of hydrogen-bond donors (Lipinski definition) is 0. The Morgan fingerprint density at radius 3 is 2.05 bits per heavy atom. The first kappa shape index (κ1) is 25.4. The van der Waals surface area contributed by atoms with E-state index >= 15 is 0 Å². The lowest BCUT2D eigenvalue weighted by molar-refractivity contribution is -0.0868. The summed E-state index contributed by atoms with van der Waals surface area (Å²) < 4.78 is 40.5. The summed E-state index contributed by atoms with van der Waals surface area (Å²) in [6.07, 6.45) is 10.7. The van der Waals surface area contributed by atoms with Crippen LogP contribution in [-0.2, 0) is 6.42 Å². The molecule has 4 nitrogen and oxygen atoms in total. The van der Waals surface area contributed by atoms with Gasteiger partial charge in [0.1, 0.15) is 0 Å². The first-order valence-corrected chi connectivity index (χ1v) is 13.3. The predicted octanol–water partition coefficient (Wildman–Crippen LogP) is 5.56. The van der Waals surface area contributed by atoms with Crippen molar-refractivity contribution in [2.45, 2.75) is 19.0 Å². The fourth-order valence-electron chi connectivity index (χ4n) is 6.14. The molecule has 2 aliphatic carbocycles. The predicted molar refractivity (Wildman–Crippen MR) is 156 cm³/mol. The summed E-state index contributed by atoms with van der Waals surface area (Å²) in [6.45, 7) is 0. The number of nitrogens with zero attached hydrogens (tertiary/aromatic N) is 4. The Morgan fingerprint density at radius 2 is 1.33 bits per heavy atom. The summed E-state index contributed by atoms with van der Waals surface area (Å²) >= 11 is 0. The molecule has 0 aromatic heterocycles. The third kappa shape index (κ3) is 3.98. The van der Waals surface area contributed by atoms with Crippen LogP contribution in [0.15, 0.2) is 101 Å². The number of fused-ring (bicyclic) bond motifs is 6. The highest BCUT2D eigenvalue weighted by Gasteiger charge is 2.33. The third-order valence-corrected chi connectivity index (χ3v) is 8.09. The molecule has 0 unspecified atom stereocenters. The van der Waals surface area contributed by atoms with Crippen LogP contribution in [0.5, 0.6) is 0 Å². The Balaban J connectivity index is 1.52. The Hall–Kier alpha value is -5.53. The van der Waals surface area contributed by atoms with Crippen LogP contribution >= 0.6 is 0 Å². The van der Waals surface area contributed by atoms with Crippen molar-refractivity contribution in [3.63, 3.8) is 0 Å². The van der Waals surface area contributed by atoms with E-state index in [1.165, 1.54) is 5.57 Å². The second-order valence-electron chi connectivity index (χ2n) is 10.3. The summed E-state index contributed by atoms with van der Waals surface area (Å²) in [5, 5.41) is 27.6. The van der Waals surface area contributed by atoms with Gasteiger partial charge in [0.15, 0.2) is 0 Å². The van der Waals surface area contributed by atoms with Crippen LogP contribution in [-0.4, -0.2) is 6.18 Å². The summed E-state index contributed by atoms with van der Waals surface area (Å²) in [7, 11) is 0. The van der Waals surface area contributed by atoms with Crippen molar-refractivity contribution in [1.82, 2.24) is 0 Å². The van der Waals surface area contributed by atoms with Crippen LogP contribution in [0.4, 0.5) is 13.2 Å². The van der Waals surface area contributed by atoms with E-state index < -0.39 is 11.7 Å². The van der Waals surface area contributed by atoms with Gasteiger partial charge in [-0.05, 0) is 80.1 Å². The van der Waals surface area contributed by atoms with E-state index in [0.29, 0.717) is 26.9 Å². The van der Waals surface area contributed by atoms with Gasteiger partial charge < -0.3 is 0 Å².